The third-order valence-corrected chi connectivity index (χ3v) is 5.22. The molecule has 1 aliphatic rings. The molecular weight excluding hydrogens is 340 g/mol. The fraction of sp³-hybridized carbons (Fsp3) is 0.333. The van der Waals surface area contributed by atoms with E-state index in [9.17, 15) is 9.59 Å². The van der Waals surface area contributed by atoms with Gasteiger partial charge in [-0.25, -0.2) is 0 Å². The zero-order valence-corrected chi connectivity index (χ0v) is 15.7. The topological polar surface area (TPSA) is 72.2 Å². The largest absolute Gasteiger partial charge is 0.357 e. The van der Waals surface area contributed by atoms with Gasteiger partial charge in [-0.05, 0) is 43.2 Å². The molecule has 2 aromatic heterocycles. The molecule has 1 aliphatic heterocycles. The highest BCUT2D eigenvalue weighted by atomic mass is 16.2. The Morgan fingerprint density at radius 1 is 1.11 bits per heavy atom. The van der Waals surface area contributed by atoms with Gasteiger partial charge in [0.1, 0.15) is 5.69 Å². The number of rotatable bonds is 3. The minimum atomic E-state index is 0.0461. The first-order valence-corrected chi connectivity index (χ1v) is 9.29. The third kappa shape index (κ3) is 3.53. The van der Waals surface area contributed by atoms with Crippen LogP contribution >= 0.6 is 0 Å². The number of nitrogens with one attached hydrogen (secondary N) is 2. The lowest BCUT2D eigenvalue weighted by Gasteiger charge is -2.34. The summed E-state index contributed by atoms with van der Waals surface area (Å²) in [6, 6.07) is 9.38. The third-order valence-electron chi connectivity index (χ3n) is 5.22. The Hall–Kier alpha value is -2.86. The summed E-state index contributed by atoms with van der Waals surface area (Å²) >= 11 is 0. The van der Waals surface area contributed by atoms with Crippen molar-refractivity contribution in [3.05, 3.63) is 69.3 Å². The van der Waals surface area contributed by atoms with Gasteiger partial charge in [-0.1, -0.05) is 6.07 Å². The molecule has 3 heterocycles. The predicted octanol–water partition coefficient (Wildman–Crippen LogP) is 2.43. The lowest BCUT2D eigenvalue weighted by Crippen LogP contribution is -2.48. The number of hydrogen-bond acceptors (Lipinski definition) is 3. The normalized spacial score (nSPS) is 15.4. The van der Waals surface area contributed by atoms with Crippen LogP contribution in [0.25, 0.3) is 10.9 Å². The van der Waals surface area contributed by atoms with Crippen LogP contribution in [0.4, 0.5) is 0 Å². The molecule has 1 amide bonds. The monoisotopic (exact) mass is 364 g/mol. The van der Waals surface area contributed by atoms with Crippen molar-refractivity contribution in [3.63, 3.8) is 0 Å². The molecule has 6 nitrogen and oxygen atoms in total. The number of carbonyl (C=O) groups is 1. The van der Waals surface area contributed by atoms with E-state index in [1.807, 2.05) is 30.9 Å². The van der Waals surface area contributed by atoms with E-state index in [-0.39, 0.29) is 11.3 Å². The van der Waals surface area contributed by atoms with Gasteiger partial charge in [-0.15, -0.1) is 0 Å². The molecule has 6 heteroatoms. The van der Waals surface area contributed by atoms with Gasteiger partial charge in [0.25, 0.3) is 5.91 Å². The molecule has 0 spiro atoms. The number of nitrogens with zero attached hydrogens (tertiary/aromatic N) is 2. The minimum Gasteiger partial charge on any atom is -0.357 e. The molecule has 3 aromatic rings. The van der Waals surface area contributed by atoms with Gasteiger partial charge in [-0.2, -0.15) is 0 Å². The Bertz CT molecular complexity index is 1030. The van der Waals surface area contributed by atoms with Crippen molar-refractivity contribution in [2.45, 2.75) is 20.4 Å². The average Bonchev–Trinajstić information content (AvgIpc) is 3.18. The second-order valence-corrected chi connectivity index (χ2v) is 7.32. The highest BCUT2D eigenvalue weighted by Crippen LogP contribution is 2.17. The van der Waals surface area contributed by atoms with Gasteiger partial charge in [0.15, 0.2) is 5.43 Å². The number of carbonyl (C=O) groups excluding carboxylic acids is 1. The number of amides is 1. The highest BCUT2D eigenvalue weighted by Gasteiger charge is 2.22. The van der Waals surface area contributed by atoms with Crippen molar-refractivity contribution in [1.29, 1.82) is 0 Å². The van der Waals surface area contributed by atoms with Crippen LogP contribution in [-0.2, 0) is 6.54 Å². The summed E-state index contributed by atoms with van der Waals surface area (Å²) < 4.78 is 0. The molecular formula is C21H24N4O2. The van der Waals surface area contributed by atoms with E-state index < -0.39 is 0 Å². The maximum atomic E-state index is 12.5. The molecule has 4 rings (SSSR count). The molecule has 0 bridgehead atoms. The van der Waals surface area contributed by atoms with Gasteiger partial charge in [0.05, 0.1) is 5.52 Å². The van der Waals surface area contributed by atoms with Crippen LogP contribution in [0.5, 0.6) is 0 Å². The number of hydrogen-bond donors (Lipinski definition) is 2. The average molecular weight is 364 g/mol. The number of fused-ring (bicyclic) bond motifs is 1. The van der Waals surface area contributed by atoms with Crippen molar-refractivity contribution in [3.8, 4) is 0 Å². The minimum absolute atomic E-state index is 0.0461. The number of piperazine rings is 1. The predicted molar refractivity (Wildman–Crippen MR) is 106 cm³/mol. The van der Waals surface area contributed by atoms with E-state index in [0.717, 1.165) is 40.8 Å². The van der Waals surface area contributed by atoms with Crippen molar-refractivity contribution in [2.24, 2.45) is 0 Å². The fourth-order valence-electron chi connectivity index (χ4n) is 3.83. The Labute approximate surface area is 157 Å². The van der Waals surface area contributed by atoms with E-state index in [1.54, 1.807) is 18.3 Å². The molecule has 2 N–H and O–H groups in total. The number of H-pyrrole nitrogens is 2. The zero-order chi connectivity index (χ0) is 19.0. The molecule has 0 aliphatic carbocycles. The Kier molecular flexibility index (Phi) is 4.58. The maximum Gasteiger partial charge on any atom is 0.270 e. The first-order chi connectivity index (χ1) is 13.0. The van der Waals surface area contributed by atoms with E-state index >= 15 is 0 Å². The Morgan fingerprint density at radius 3 is 2.59 bits per heavy atom. The van der Waals surface area contributed by atoms with Crippen LogP contribution in [0.3, 0.4) is 0 Å². The fourth-order valence-corrected chi connectivity index (χ4v) is 3.83. The van der Waals surface area contributed by atoms with Crippen molar-refractivity contribution < 1.29 is 4.79 Å². The molecule has 27 heavy (non-hydrogen) atoms. The van der Waals surface area contributed by atoms with Crippen LogP contribution in [-0.4, -0.2) is 51.9 Å². The number of benzene rings is 1. The summed E-state index contributed by atoms with van der Waals surface area (Å²) in [7, 11) is 0. The zero-order valence-electron chi connectivity index (χ0n) is 15.7. The van der Waals surface area contributed by atoms with Crippen LogP contribution < -0.4 is 5.43 Å². The molecule has 1 fully saturated rings. The Balaban J connectivity index is 1.46. The summed E-state index contributed by atoms with van der Waals surface area (Å²) in [5.74, 6) is 0.0461. The number of aromatic nitrogens is 2. The molecule has 1 saturated heterocycles. The lowest BCUT2D eigenvalue weighted by atomic mass is 10.1. The maximum absolute atomic E-state index is 12.5. The summed E-state index contributed by atoms with van der Waals surface area (Å²) in [5.41, 5.74) is 4.72. The van der Waals surface area contributed by atoms with Crippen LogP contribution in [0, 0.1) is 13.8 Å². The molecule has 0 atom stereocenters. The molecule has 0 radical (unpaired) electrons. The first-order valence-electron chi connectivity index (χ1n) is 9.29. The van der Waals surface area contributed by atoms with Crippen molar-refractivity contribution >= 4 is 16.8 Å². The molecule has 1 aromatic carbocycles. The smallest absolute Gasteiger partial charge is 0.270 e. The van der Waals surface area contributed by atoms with Gasteiger partial charge in [0.2, 0.25) is 0 Å². The Morgan fingerprint density at radius 2 is 1.89 bits per heavy atom. The second kappa shape index (κ2) is 7.04. The van der Waals surface area contributed by atoms with Crippen molar-refractivity contribution in [2.75, 3.05) is 26.2 Å². The van der Waals surface area contributed by atoms with Crippen LogP contribution in [0.15, 0.2) is 41.3 Å². The van der Waals surface area contributed by atoms with Gasteiger partial charge in [0, 0.05) is 56.1 Å². The number of aryl methyl sites for hydroxylation is 2. The quantitative estimate of drug-likeness (QED) is 0.750. The summed E-state index contributed by atoms with van der Waals surface area (Å²) in [4.78, 5) is 35.5. The lowest BCUT2D eigenvalue weighted by molar-refractivity contribution is 0.0622. The molecule has 140 valence electrons. The van der Waals surface area contributed by atoms with Gasteiger partial charge >= 0.3 is 0 Å². The highest BCUT2D eigenvalue weighted by molar-refractivity contribution is 5.92. The van der Waals surface area contributed by atoms with E-state index in [4.69, 9.17) is 0 Å². The van der Waals surface area contributed by atoms with Crippen LogP contribution in [0.1, 0.15) is 27.3 Å². The molecule has 0 unspecified atom stereocenters. The standard InChI is InChI=1S/C21H24N4O2/c1-14-10-15(2)20-17(11-14)19(26)12-16(23-20)13-24-6-8-25(9-7-24)21(27)18-4-3-5-22-18/h3-5,10-12,22H,6-9,13H2,1-2H3,(H,23,26). The summed E-state index contributed by atoms with van der Waals surface area (Å²) in [6.07, 6.45) is 1.77. The first kappa shape index (κ1) is 17.5. The molecule has 0 saturated carbocycles. The second-order valence-electron chi connectivity index (χ2n) is 7.32. The van der Waals surface area contributed by atoms with E-state index in [2.05, 4.69) is 20.9 Å². The van der Waals surface area contributed by atoms with Gasteiger partial charge < -0.3 is 14.9 Å². The van der Waals surface area contributed by atoms with Crippen LogP contribution in [0.2, 0.25) is 0 Å². The summed E-state index contributed by atoms with van der Waals surface area (Å²) in [6.45, 7) is 7.68. The summed E-state index contributed by atoms with van der Waals surface area (Å²) in [5, 5.41) is 0.748. The van der Waals surface area contributed by atoms with E-state index in [1.165, 1.54) is 0 Å². The number of pyridine rings is 1. The van der Waals surface area contributed by atoms with Crippen molar-refractivity contribution in [1.82, 2.24) is 19.8 Å². The van der Waals surface area contributed by atoms with E-state index in [0.29, 0.717) is 25.3 Å². The van der Waals surface area contributed by atoms with Gasteiger partial charge in [-0.3, -0.25) is 14.5 Å². The SMILES string of the molecule is Cc1cc(C)c2[nH]c(CN3CCN(C(=O)c4ccc[nH]4)CC3)cc(=O)c2c1. The number of aromatic amines is 2.